The number of hydrogen-bond acceptors (Lipinski definition) is 1. The van der Waals surface area contributed by atoms with E-state index in [1.807, 2.05) is 0 Å². The van der Waals surface area contributed by atoms with E-state index < -0.39 is 8.07 Å². The molecular formula is C21H26OSi. The molecule has 0 heterocycles. The van der Waals surface area contributed by atoms with Crippen molar-refractivity contribution < 1.29 is 5.11 Å². The van der Waals surface area contributed by atoms with Crippen LogP contribution in [0, 0.1) is 0 Å². The van der Waals surface area contributed by atoms with Gasteiger partial charge in [-0.25, -0.2) is 0 Å². The number of allylic oxidation sites excluding steroid dienone is 7. The van der Waals surface area contributed by atoms with E-state index in [1.165, 1.54) is 38.6 Å². The molecule has 0 unspecified atom stereocenters. The van der Waals surface area contributed by atoms with E-state index in [0.29, 0.717) is 6.61 Å². The molecule has 23 heavy (non-hydrogen) atoms. The van der Waals surface area contributed by atoms with Crippen LogP contribution >= 0.6 is 0 Å². The van der Waals surface area contributed by atoms with Crippen LogP contribution < -0.4 is 0 Å². The minimum atomic E-state index is -1.50. The third-order valence-electron chi connectivity index (χ3n) is 5.04. The zero-order valence-electron chi connectivity index (χ0n) is 14.6. The Morgan fingerprint density at radius 2 is 1.87 bits per heavy atom. The Bertz CT molecular complexity index is 756. The average molecular weight is 323 g/mol. The van der Waals surface area contributed by atoms with Crippen LogP contribution in [0.3, 0.4) is 0 Å². The lowest BCUT2D eigenvalue weighted by molar-refractivity contribution is 0.316. The van der Waals surface area contributed by atoms with Crippen molar-refractivity contribution in [2.45, 2.75) is 39.4 Å². The number of benzene rings is 1. The molecule has 0 aliphatic heterocycles. The van der Waals surface area contributed by atoms with Gasteiger partial charge in [-0.05, 0) is 60.2 Å². The van der Waals surface area contributed by atoms with Gasteiger partial charge in [-0.15, -0.1) is 0 Å². The van der Waals surface area contributed by atoms with Crippen molar-refractivity contribution in [2.24, 2.45) is 0 Å². The number of hydrogen-bond donors (Lipinski definition) is 1. The van der Waals surface area contributed by atoms with E-state index in [0.717, 1.165) is 12.5 Å². The Hall–Kier alpha value is -1.64. The van der Waals surface area contributed by atoms with Gasteiger partial charge in [-0.1, -0.05) is 60.3 Å². The van der Waals surface area contributed by atoms with Crippen LogP contribution in [0.4, 0.5) is 0 Å². The summed E-state index contributed by atoms with van der Waals surface area (Å²) in [5, 5.41) is 10.8. The van der Waals surface area contributed by atoms with E-state index in [2.05, 4.69) is 69.4 Å². The minimum absolute atomic E-state index is 0.299. The summed E-state index contributed by atoms with van der Waals surface area (Å²) in [6, 6.07) is 9.62. The molecule has 0 saturated carbocycles. The van der Waals surface area contributed by atoms with E-state index in [1.54, 1.807) is 0 Å². The standard InChI is InChI=1S/C21H26OSi/c1-15(2)21-19-8-6-5-7-16(19)14-20(21)17-9-10-18(13-17)23(3,4)12-11-22/h5-8,10,13-14,22H,9,11-12H2,1-4H3. The largest absolute Gasteiger partial charge is 0.397 e. The highest BCUT2D eigenvalue weighted by molar-refractivity contribution is 6.85. The fourth-order valence-corrected chi connectivity index (χ4v) is 5.69. The summed E-state index contributed by atoms with van der Waals surface area (Å²) in [7, 11) is -1.50. The maximum Gasteiger partial charge on any atom is 0.0824 e. The zero-order chi connectivity index (χ0) is 16.6. The van der Waals surface area contributed by atoms with Crippen molar-refractivity contribution in [3.8, 4) is 0 Å². The predicted octanol–water partition coefficient (Wildman–Crippen LogP) is 5.37. The molecule has 0 amide bonds. The summed E-state index contributed by atoms with van der Waals surface area (Å²) in [6.45, 7) is 9.43. The molecule has 0 atom stereocenters. The molecule has 120 valence electrons. The molecule has 1 aromatic rings. The lowest BCUT2D eigenvalue weighted by atomic mass is 9.93. The monoisotopic (exact) mass is 322 g/mol. The first-order chi connectivity index (χ1) is 10.9. The van der Waals surface area contributed by atoms with E-state index in [-0.39, 0.29) is 0 Å². The Morgan fingerprint density at radius 3 is 2.57 bits per heavy atom. The van der Waals surface area contributed by atoms with Gasteiger partial charge >= 0.3 is 0 Å². The Balaban J connectivity index is 1.97. The van der Waals surface area contributed by atoms with Crippen molar-refractivity contribution in [3.63, 3.8) is 0 Å². The van der Waals surface area contributed by atoms with Gasteiger partial charge in [-0.3, -0.25) is 0 Å². The molecule has 2 aliphatic carbocycles. The van der Waals surface area contributed by atoms with Crippen LogP contribution in [0.2, 0.25) is 19.1 Å². The SMILES string of the molecule is CC(C)=C1C(C2=CC([Si](C)(C)CCO)=CC2)=Cc2ccccc21. The first-order valence-corrected chi connectivity index (χ1v) is 11.7. The summed E-state index contributed by atoms with van der Waals surface area (Å²) in [5.74, 6) is 0. The second kappa shape index (κ2) is 6.10. The van der Waals surface area contributed by atoms with Crippen LogP contribution in [-0.4, -0.2) is 19.8 Å². The maximum atomic E-state index is 9.34. The van der Waals surface area contributed by atoms with Crippen molar-refractivity contribution >= 4 is 19.7 Å². The minimum Gasteiger partial charge on any atom is -0.397 e. The summed E-state index contributed by atoms with van der Waals surface area (Å²) in [4.78, 5) is 0. The van der Waals surface area contributed by atoms with Gasteiger partial charge in [0.25, 0.3) is 0 Å². The molecule has 0 aromatic heterocycles. The first kappa shape index (κ1) is 16.2. The molecule has 0 radical (unpaired) electrons. The molecule has 3 rings (SSSR count). The Kier molecular flexibility index (Phi) is 4.30. The van der Waals surface area contributed by atoms with Crippen molar-refractivity contribution in [1.82, 2.24) is 0 Å². The molecule has 0 bridgehead atoms. The lowest BCUT2D eigenvalue weighted by Crippen LogP contribution is -2.28. The molecule has 0 spiro atoms. The topological polar surface area (TPSA) is 20.2 Å². The molecule has 2 heteroatoms. The number of aliphatic hydroxyl groups excluding tert-OH is 1. The van der Waals surface area contributed by atoms with Crippen molar-refractivity contribution in [1.29, 1.82) is 0 Å². The van der Waals surface area contributed by atoms with Crippen LogP contribution in [0.5, 0.6) is 0 Å². The summed E-state index contributed by atoms with van der Waals surface area (Å²) < 4.78 is 0. The first-order valence-electron chi connectivity index (χ1n) is 8.45. The summed E-state index contributed by atoms with van der Waals surface area (Å²) in [5.41, 5.74) is 8.31. The second-order valence-corrected chi connectivity index (χ2v) is 12.3. The number of rotatable bonds is 4. The fourth-order valence-electron chi connectivity index (χ4n) is 3.62. The van der Waals surface area contributed by atoms with Crippen LogP contribution in [0.1, 0.15) is 31.4 Å². The average Bonchev–Trinajstić information content (AvgIpc) is 3.12. The Labute approximate surface area is 140 Å². The summed E-state index contributed by atoms with van der Waals surface area (Å²) in [6.07, 6.45) is 8.17. The highest BCUT2D eigenvalue weighted by Crippen LogP contribution is 2.44. The van der Waals surface area contributed by atoms with Gasteiger partial charge < -0.3 is 5.11 Å². The lowest BCUT2D eigenvalue weighted by Gasteiger charge is -2.21. The van der Waals surface area contributed by atoms with Gasteiger partial charge in [-0.2, -0.15) is 0 Å². The normalized spacial score (nSPS) is 16.9. The summed E-state index contributed by atoms with van der Waals surface area (Å²) >= 11 is 0. The van der Waals surface area contributed by atoms with Gasteiger partial charge in [0, 0.05) is 6.61 Å². The fraction of sp³-hybridized carbons (Fsp3) is 0.333. The molecule has 2 aliphatic rings. The predicted molar refractivity (Wildman–Crippen MR) is 103 cm³/mol. The van der Waals surface area contributed by atoms with E-state index in [9.17, 15) is 5.11 Å². The van der Waals surface area contributed by atoms with Gasteiger partial charge in [0.1, 0.15) is 0 Å². The smallest absolute Gasteiger partial charge is 0.0824 e. The molecule has 0 fully saturated rings. The molecule has 1 N–H and O–H groups in total. The van der Waals surface area contributed by atoms with Crippen LogP contribution in [0.25, 0.3) is 11.6 Å². The zero-order valence-corrected chi connectivity index (χ0v) is 15.6. The second-order valence-electron chi connectivity index (χ2n) is 7.41. The van der Waals surface area contributed by atoms with Crippen molar-refractivity contribution in [3.05, 3.63) is 69.5 Å². The van der Waals surface area contributed by atoms with Crippen LogP contribution in [0.15, 0.2) is 58.3 Å². The molecule has 0 saturated heterocycles. The van der Waals surface area contributed by atoms with Gasteiger partial charge in [0.05, 0.1) is 8.07 Å². The molecule has 1 nitrogen and oxygen atoms in total. The quantitative estimate of drug-likeness (QED) is 0.739. The van der Waals surface area contributed by atoms with E-state index >= 15 is 0 Å². The highest BCUT2D eigenvalue weighted by atomic mass is 28.3. The maximum absolute atomic E-state index is 9.34. The third kappa shape index (κ3) is 2.93. The van der Waals surface area contributed by atoms with E-state index in [4.69, 9.17) is 0 Å². The van der Waals surface area contributed by atoms with Gasteiger partial charge in [0.15, 0.2) is 0 Å². The number of aliphatic hydroxyl groups is 1. The van der Waals surface area contributed by atoms with Gasteiger partial charge in [0.2, 0.25) is 0 Å². The molecular weight excluding hydrogens is 296 g/mol. The Morgan fingerprint density at radius 1 is 1.13 bits per heavy atom. The number of fused-ring (bicyclic) bond motifs is 1. The van der Waals surface area contributed by atoms with Crippen molar-refractivity contribution in [2.75, 3.05) is 6.61 Å². The third-order valence-corrected chi connectivity index (χ3v) is 8.42. The highest BCUT2D eigenvalue weighted by Gasteiger charge is 2.29. The van der Waals surface area contributed by atoms with Crippen LogP contribution in [-0.2, 0) is 0 Å². The molecule has 1 aromatic carbocycles.